The van der Waals surface area contributed by atoms with Crippen LogP contribution < -0.4 is 10.3 Å². The van der Waals surface area contributed by atoms with Crippen molar-refractivity contribution in [2.75, 3.05) is 6.61 Å². The Balaban J connectivity index is 1.49. The SMILES string of the molecule is Cc1cccc2nc(C(C)Oc3ncnc4c3ncn4COCC[Si](C)(C)C)n(-c3ccccc3)c(=O)c12. The van der Waals surface area contributed by atoms with Crippen molar-refractivity contribution in [3.63, 3.8) is 0 Å². The van der Waals surface area contributed by atoms with Gasteiger partial charge in [0.2, 0.25) is 5.88 Å². The van der Waals surface area contributed by atoms with Gasteiger partial charge in [-0.3, -0.25) is 13.9 Å². The fourth-order valence-corrected chi connectivity index (χ4v) is 5.07. The van der Waals surface area contributed by atoms with Crippen molar-refractivity contribution in [2.24, 2.45) is 0 Å². The highest BCUT2D eigenvalue weighted by molar-refractivity contribution is 6.76. The molecule has 0 saturated carbocycles. The molecular formula is C28H32N6O3Si. The molecule has 196 valence electrons. The average molecular weight is 529 g/mol. The molecule has 5 rings (SSSR count). The monoisotopic (exact) mass is 528 g/mol. The van der Waals surface area contributed by atoms with Gasteiger partial charge >= 0.3 is 0 Å². The molecule has 0 aliphatic carbocycles. The van der Waals surface area contributed by atoms with E-state index >= 15 is 0 Å². The maximum Gasteiger partial charge on any atom is 0.266 e. The molecule has 2 aromatic carbocycles. The summed E-state index contributed by atoms with van der Waals surface area (Å²) in [5.41, 5.74) is 3.22. The molecule has 10 heteroatoms. The van der Waals surface area contributed by atoms with E-state index in [9.17, 15) is 4.79 Å². The Morgan fingerprint density at radius 1 is 1.00 bits per heavy atom. The quantitative estimate of drug-likeness (QED) is 0.189. The molecule has 3 aromatic heterocycles. The third-order valence-corrected chi connectivity index (χ3v) is 8.10. The van der Waals surface area contributed by atoms with Gasteiger partial charge in [0.05, 0.1) is 22.9 Å². The summed E-state index contributed by atoms with van der Waals surface area (Å²) >= 11 is 0. The topological polar surface area (TPSA) is 96.9 Å². The molecule has 0 radical (unpaired) electrons. The lowest BCUT2D eigenvalue weighted by molar-refractivity contribution is 0.0894. The molecule has 0 N–H and O–H groups in total. The van der Waals surface area contributed by atoms with E-state index in [1.54, 1.807) is 10.9 Å². The summed E-state index contributed by atoms with van der Waals surface area (Å²) in [6.45, 7) is 11.8. The lowest BCUT2D eigenvalue weighted by Gasteiger charge is -2.20. The summed E-state index contributed by atoms with van der Waals surface area (Å²) < 4.78 is 15.7. The minimum Gasteiger partial charge on any atom is -0.465 e. The third-order valence-electron chi connectivity index (χ3n) is 6.39. The lowest BCUT2D eigenvalue weighted by atomic mass is 10.1. The molecule has 0 fully saturated rings. The number of aromatic nitrogens is 6. The van der Waals surface area contributed by atoms with Crippen LogP contribution in [0.25, 0.3) is 27.8 Å². The second-order valence-corrected chi connectivity index (χ2v) is 16.2. The Kier molecular flexibility index (Phi) is 7.09. The number of imidazole rings is 1. The molecule has 0 aliphatic heterocycles. The van der Waals surface area contributed by atoms with Crippen molar-refractivity contribution in [2.45, 2.75) is 52.4 Å². The predicted octanol–water partition coefficient (Wildman–Crippen LogP) is 5.29. The predicted molar refractivity (Wildman–Crippen MR) is 151 cm³/mol. The Labute approximate surface area is 222 Å². The first kappa shape index (κ1) is 25.7. The van der Waals surface area contributed by atoms with E-state index in [0.717, 1.165) is 11.6 Å². The van der Waals surface area contributed by atoms with Crippen LogP contribution in [-0.2, 0) is 11.5 Å². The van der Waals surface area contributed by atoms with E-state index in [4.69, 9.17) is 14.5 Å². The fraction of sp³-hybridized carbons (Fsp3) is 0.321. The smallest absolute Gasteiger partial charge is 0.266 e. The highest BCUT2D eigenvalue weighted by atomic mass is 28.3. The summed E-state index contributed by atoms with van der Waals surface area (Å²) in [6, 6.07) is 16.2. The molecule has 0 aliphatic rings. The molecule has 0 saturated heterocycles. The number of rotatable bonds is 9. The first-order valence-electron chi connectivity index (χ1n) is 12.7. The van der Waals surface area contributed by atoms with Crippen LogP contribution in [0, 0.1) is 6.92 Å². The zero-order valence-electron chi connectivity index (χ0n) is 22.4. The van der Waals surface area contributed by atoms with Gasteiger partial charge in [0.1, 0.15) is 13.1 Å². The second-order valence-electron chi connectivity index (χ2n) is 10.6. The number of hydrogen-bond acceptors (Lipinski definition) is 7. The first-order valence-corrected chi connectivity index (χ1v) is 16.4. The molecule has 9 nitrogen and oxygen atoms in total. The summed E-state index contributed by atoms with van der Waals surface area (Å²) in [5.74, 6) is 0.793. The summed E-state index contributed by atoms with van der Waals surface area (Å²) in [5, 5.41) is 0.588. The average Bonchev–Trinajstić information content (AvgIpc) is 3.30. The molecule has 0 bridgehead atoms. The zero-order valence-corrected chi connectivity index (χ0v) is 23.4. The summed E-state index contributed by atoms with van der Waals surface area (Å²) in [4.78, 5) is 31.9. The van der Waals surface area contributed by atoms with Crippen LogP contribution in [0.2, 0.25) is 25.7 Å². The highest BCUT2D eigenvalue weighted by Crippen LogP contribution is 2.27. The Hall–Kier alpha value is -3.89. The van der Waals surface area contributed by atoms with Crippen molar-refractivity contribution in [3.05, 3.63) is 82.9 Å². The number of para-hydroxylation sites is 1. The molecular weight excluding hydrogens is 496 g/mol. The van der Waals surface area contributed by atoms with Crippen LogP contribution in [0.3, 0.4) is 0 Å². The first-order chi connectivity index (χ1) is 18.2. The van der Waals surface area contributed by atoms with Gasteiger partial charge in [0, 0.05) is 14.7 Å². The maximum absolute atomic E-state index is 13.7. The van der Waals surface area contributed by atoms with E-state index in [-0.39, 0.29) is 5.56 Å². The second kappa shape index (κ2) is 10.5. The molecule has 3 heterocycles. The van der Waals surface area contributed by atoms with Crippen LogP contribution in [0.15, 0.2) is 66.0 Å². The fourth-order valence-electron chi connectivity index (χ4n) is 4.31. The summed E-state index contributed by atoms with van der Waals surface area (Å²) in [6.07, 6.45) is 2.53. The summed E-state index contributed by atoms with van der Waals surface area (Å²) in [7, 11) is -1.17. The minimum atomic E-state index is -1.17. The van der Waals surface area contributed by atoms with Gasteiger partial charge in [-0.2, -0.15) is 4.98 Å². The molecule has 0 amide bonds. The van der Waals surface area contributed by atoms with Crippen molar-refractivity contribution >= 4 is 30.1 Å². The van der Waals surface area contributed by atoms with Gasteiger partial charge in [-0.15, -0.1) is 0 Å². The van der Waals surface area contributed by atoms with E-state index in [2.05, 4.69) is 34.6 Å². The van der Waals surface area contributed by atoms with Crippen molar-refractivity contribution < 1.29 is 9.47 Å². The zero-order chi connectivity index (χ0) is 26.9. The maximum atomic E-state index is 13.7. The number of nitrogens with zero attached hydrogens (tertiary/aromatic N) is 6. The van der Waals surface area contributed by atoms with Gasteiger partial charge in [-0.1, -0.05) is 50.0 Å². The number of benzene rings is 2. The largest absolute Gasteiger partial charge is 0.465 e. The van der Waals surface area contributed by atoms with E-state index in [0.29, 0.717) is 52.8 Å². The van der Waals surface area contributed by atoms with Gasteiger partial charge in [0.15, 0.2) is 23.1 Å². The molecule has 5 aromatic rings. The van der Waals surface area contributed by atoms with E-state index in [1.165, 1.54) is 6.33 Å². The van der Waals surface area contributed by atoms with E-state index < -0.39 is 14.2 Å². The van der Waals surface area contributed by atoms with Crippen LogP contribution in [0.5, 0.6) is 5.88 Å². The van der Waals surface area contributed by atoms with Crippen LogP contribution in [-0.4, -0.2) is 43.8 Å². The Bertz CT molecular complexity index is 1640. The van der Waals surface area contributed by atoms with Crippen molar-refractivity contribution in [3.8, 4) is 11.6 Å². The van der Waals surface area contributed by atoms with Gasteiger partial charge in [-0.25, -0.2) is 15.0 Å². The number of fused-ring (bicyclic) bond motifs is 2. The van der Waals surface area contributed by atoms with Crippen molar-refractivity contribution in [1.29, 1.82) is 0 Å². The third kappa shape index (κ3) is 5.23. The number of ether oxygens (including phenoxy) is 2. The van der Waals surface area contributed by atoms with Gasteiger partial charge in [0.25, 0.3) is 5.56 Å². The minimum absolute atomic E-state index is 0.141. The van der Waals surface area contributed by atoms with Crippen LogP contribution in [0.1, 0.15) is 24.4 Å². The van der Waals surface area contributed by atoms with Crippen LogP contribution in [0.4, 0.5) is 0 Å². The van der Waals surface area contributed by atoms with E-state index in [1.807, 2.05) is 66.9 Å². The number of aryl methyl sites for hydroxylation is 1. The molecule has 0 spiro atoms. The van der Waals surface area contributed by atoms with Crippen molar-refractivity contribution in [1.82, 2.24) is 29.1 Å². The molecule has 1 unspecified atom stereocenters. The normalized spacial score (nSPS) is 12.8. The molecule has 38 heavy (non-hydrogen) atoms. The Morgan fingerprint density at radius 2 is 1.79 bits per heavy atom. The van der Waals surface area contributed by atoms with Gasteiger partial charge in [-0.05, 0) is 43.7 Å². The molecule has 1 atom stereocenters. The van der Waals surface area contributed by atoms with Crippen LogP contribution >= 0.6 is 0 Å². The Morgan fingerprint density at radius 3 is 2.55 bits per heavy atom. The lowest BCUT2D eigenvalue weighted by Crippen LogP contribution is -2.27. The van der Waals surface area contributed by atoms with Gasteiger partial charge < -0.3 is 9.47 Å². The standard InChI is InChI=1S/C28H32N6O3Si/c1-19-10-9-13-22-23(19)28(35)34(21-11-7-6-8-12-21)25(32-22)20(2)37-27-24-26(29-16-30-27)33(17-31-24)18-36-14-15-38(3,4)5/h6-13,16-17,20H,14-15,18H2,1-5H3. The highest BCUT2D eigenvalue weighted by Gasteiger charge is 2.22. The number of hydrogen-bond donors (Lipinski definition) is 0.